The molecular formula is C12H24N2O2. The molecule has 0 heterocycles. The van der Waals surface area contributed by atoms with Gasteiger partial charge in [0.05, 0.1) is 13.2 Å². The Morgan fingerprint density at radius 1 is 1.31 bits per heavy atom. The second-order valence-corrected chi connectivity index (χ2v) is 4.46. The lowest BCUT2D eigenvalue weighted by molar-refractivity contribution is -0.120. The Morgan fingerprint density at radius 3 is 2.75 bits per heavy atom. The predicted octanol–water partition coefficient (Wildman–Crippen LogP) is 0.919. The maximum Gasteiger partial charge on any atom is 0.233 e. The minimum absolute atomic E-state index is 0.0918. The first kappa shape index (κ1) is 13.5. The molecule has 2 N–H and O–H groups in total. The molecule has 16 heavy (non-hydrogen) atoms. The van der Waals surface area contributed by atoms with Crippen LogP contribution in [0.1, 0.15) is 32.1 Å². The van der Waals surface area contributed by atoms with Crippen LogP contribution in [0, 0.1) is 5.92 Å². The summed E-state index contributed by atoms with van der Waals surface area (Å²) in [5, 5.41) is 5.97. The van der Waals surface area contributed by atoms with E-state index in [2.05, 4.69) is 10.6 Å². The van der Waals surface area contributed by atoms with E-state index in [-0.39, 0.29) is 5.91 Å². The fourth-order valence-corrected chi connectivity index (χ4v) is 2.15. The average Bonchev–Trinajstić information content (AvgIpc) is 2.77. The molecule has 0 radical (unpaired) electrons. The highest BCUT2D eigenvalue weighted by atomic mass is 16.5. The second-order valence-electron chi connectivity index (χ2n) is 4.46. The van der Waals surface area contributed by atoms with Crippen molar-refractivity contribution in [2.75, 3.05) is 33.4 Å². The summed E-state index contributed by atoms with van der Waals surface area (Å²) in [5.41, 5.74) is 0. The first-order valence-electron chi connectivity index (χ1n) is 6.29. The maximum atomic E-state index is 11.4. The Morgan fingerprint density at radius 2 is 2.06 bits per heavy atom. The lowest BCUT2D eigenvalue weighted by Gasteiger charge is -2.10. The number of methoxy groups -OCH3 is 1. The average molecular weight is 228 g/mol. The van der Waals surface area contributed by atoms with Gasteiger partial charge < -0.3 is 15.4 Å². The van der Waals surface area contributed by atoms with Crippen LogP contribution in [0.2, 0.25) is 0 Å². The Labute approximate surface area is 98.1 Å². The molecule has 4 heteroatoms. The molecule has 0 aromatic carbocycles. The van der Waals surface area contributed by atoms with Crippen molar-refractivity contribution in [3.05, 3.63) is 0 Å². The molecule has 1 fully saturated rings. The van der Waals surface area contributed by atoms with Gasteiger partial charge in [0.2, 0.25) is 5.91 Å². The molecule has 0 atom stereocenters. The number of nitrogens with one attached hydrogen (secondary N) is 2. The van der Waals surface area contributed by atoms with Gasteiger partial charge in [-0.05, 0) is 12.3 Å². The Balaban J connectivity index is 1.89. The van der Waals surface area contributed by atoms with Crippen LogP contribution >= 0.6 is 0 Å². The van der Waals surface area contributed by atoms with Gasteiger partial charge in [0.15, 0.2) is 0 Å². The van der Waals surface area contributed by atoms with Crippen molar-refractivity contribution in [1.82, 2.24) is 10.6 Å². The third kappa shape index (κ3) is 6.08. The molecule has 1 saturated carbocycles. The van der Waals surface area contributed by atoms with E-state index in [1.165, 1.54) is 25.7 Å². The zero-order valence-corrected chi connectivity index (χ0v) is 10.3. The first-order valence-corrected chi connectivity index (χ1v) is 6.29. The van der Waals surface area contributed by atoms with Crippen molar-refractivity contribution in [2.45, 2.75) is 32.1 Å². The van der Waals surface area contributed by atoms with Crippen LogP contribution in [0.25, 0.3) is 0 Å². The highest BCUT2D eigenvalue weighted by Crippen LogP contribution is 2.26. The van der Waals surface area contributed by atoms with Crippen LogP contribution in [0.3, 0.4) is 0 Å². The maximum absolute atomic E-state index is 11.4. The van der Waals surface area contributed by atoms with Gasteiger partial charge >= 0.3 is 0 Å². The number of hydrogen-bond donors (Lipinski definition) is 2. The normalized spacial score (nSPS) is 16.6. The van der Waals surface area contributed by atoms with Crippen LogP contribution < -0.4 is 10.6 Å². The van der Waals surface area contributed by atoms with Crippen LogP contribution in [0.4, 0.5) is 0 Å². The number of hydrogen-bond acceptors (Lipinski definition) is 3. The quantitative estimate of drug-likeness (QED) is 0.607. The van der Waals surface area contributed by atoms with E-state index < -0.39 is 0 Å². The molecule has 0 aliphatic heterocycles. The minimum Gasteiger partial charge on any atom is -0.383 e. The standard InChI is InChI=1S/C12H24N2O2/c1-16-9-8-13-10-12(15)14-7-6-11-4-2-3-5-11/h11,13H,2-10H2,1H3,(H,14,15). The summed E-state index contributed by atoms with van der Waals surface area (Å²) in [5.74, 6) is 0.941. The number of carbonyl (C=O) groups is 1. The van der Waals surface area contributed by atoms with E-state index in [1.807, 2.05) is 0 Å². The zero-order chi connectivity index (χ0) is 11.6. The molecule has 1 amide bonds. The summed E-state index contributed by atoms with van der Waals surface area (Å²) >= 11 is 0. The van der Waals surface area contributed by atoms with Gasteiger partial charge in [0.1, 0.15) is 0 Å². The molecule has 0 aromatic rings. The molecule has 0 saturated heterocycles. The Hall–Kier alpha value is -0.610. The molecule has 4 nitrogen and oxygen atoms in total. The Bertz CT molecular complexity index is 191. The smallest absolute Gasteiger partial charge is 0.233 e. The van der Waals surface area contributed by atoms with Gasteiger partial charge in [-0.2, -0.15) is 0 Å². The van der Waals surface area contributed by atoms with Gasteiger partial charge in [-0.3, -0.25) is 4.79 Å². The lowest BCUT2D eigenvalue weighted by atomic mass is 10.0. The highest BCUT2D eigenvalue weighted by Gasteiger charge is 2.14. The largest absolute Gasteiger partial charge is 0.383 e. The van der Waals surface area contributed by atoms with Crippen molar-refractivity contribution in [3.63, 3.8) is 0 Å². The molecule has 1 aliphatic carbocycles. The number of rotatable bonds is 8. The fourth-order valence-electron chi connectivity index (χ4n) is 2.15. The molecule has 1 rings (SSSR count). The van der Waals surface area contributed by atoms with E-state index in [9.17, 15) is 4.79 Å². The lowest BCUT2D eigenvalue weighted by Crippen LogP contribution is -2.36. The number of carbonyl (C=O) groups excluding carboxylic acids is 1. The molecule has 0 bridgehead atoms. The summed E-state index contributed by atoms with van der Waals surface area (Å²) in [7, 11) is 1.66. The van der Waals surface area contributed by atoms with E-state index >= 15 is 0 Å². The summed E-state index contributed by atoms with van der Waals surface area (Å²) in [4.78, 5) is 11.4. The van der Waals surface area contributed by atoms with Crippen LogP contribution in [-0.2, 0) is 9.53 Å². The zero-order valence-electron chi connectivity index (χ0n) is 10.3. The van der Waals surface area contributed by atoms with E-state index in [0.717, 1.165) is 25.4 Å². The second kappa shape index (κ2) is 8.53. The van der Waals surface area contributed by atoms with Crippen LogP contribution in [0.5, 0.6) is 0 Å². The van der Waals surface area contributed by atoms with Crippen LogP contribution in [-0.4, -0.2) is 39.3 Å². The third-order valence-electron chi connectivity index (χ3n) is 3.12. The third-order valence-corrected chi connectivity index (χ3v) is 3.12. The summed E-state index contributed by atoms with van der Waals surface area (Å²) < 4.78 is 4.88. The van der Waals surface area contributed by atoms with Crippen molar-refractivity contribution < 1.29 is 9.53 Å². The van der Waals surface area contributed by atoms with Gasteiger partial charge in [-0.25, -0.2) is 0 Å². The van der Waals surface area contributed by atoms with Gasteiger partial charge in [-0.1, -0.05) is 25.7 Å². The summed E-state index contributed by atoms with van der Waals surface area (Å²) in [6, 6.07) is 0. The minimum atomic E-state index is 0.0918. The topological polar surface area (TPSA) is 50.4 Å². The predicted molar refractivity (Wildman–Crippen MR) is 64.3 cm³/mol. The van der Waals surface area contributed by atoms with Crippen molar-refractivity contribution >= 4 is 5.91 Å². The fraction of sp³-hybridized carbons (Fsp3) is 0.917. The summed E-state index contributed by atoms with van der Waals surface area (Å²) in [6.45, 7) is 2.60. The SMILES string of the molecule is COCCNCC(=O)NCCC1CCCC1. The monoisotopic (exact) mass is 228 g/mol. The van der Waals surface area contributed by atoms with Crippen molar-refractivity contribution in [3.8, 4) is 0 Å². The molecule has 94 valence electrons. The molecule has 0 aromatic heterocycles. The molecular weight excluding hydrogens is 204 g/mol. The molecule has 0 unspecified atom stereocenters. The van der Waals surface area contributed by atoms with Crippen LogP contribution in [0.15, 0.2) is 0 Å². The molecule has 0 spiro atoms. The van der Waals surface area contributed by atoms with Gasteiger partial charge in [-0.15, -0.1) is 0 Å². The van der Waals surface area contributed by atoms with E-state index in [1.54, 1.807) is 7.11 Å². The first-order chi connectivity index (χ1) is 7.83. The van der Waals surface area contributed by atoms with E-state index in [4.69, 9.17) is 4.74 Å². The molecule has 1 aliphatic rings. The number of amides is 1. The highest BCUT2D eigenvalue weighted by molar-refractivity contribution is 5.77. The summed E-state index contributed by atoms with van der Waals surface area (Å²) in [6.07, 6.45) is 6.59. The van der Waals surface area contributed by atoms with E-state index in [0.29, 0.717) is 13.2 Å². The Kier molecular flexibility index (Phi) is 7.17. The van der Waals surface area contributed by atoms with Gasteiger partial charge in [0.25, 0.3) is 0 Å². The van der Waals surface area contributed by atoms with Crippen molar-refractivity contribution in [1.29, 1.82) is 0 Å². The van der Waals surface area contributed by atoms with Crippen molar-refractivity contribution in [2.24, 2.45) is 5.92 Å². The van der Waals surface area contributed by atoms with Gasteiger partial charge in [0, 0.05) is 20.2 Å². The number of ether oxygens (including phenoxy) is 1.